The molecule has 2 saturated heterocycles. The second-order valence-corrected chi connectivity index (χ2v) is 19.8. The van der Waals surface area contributed by atoms with E-state index in [0.29, 0.717) is 87.7 Å². The van der Waals surface area contributed by atoms with Gasteiger partial charge < -0.3 is 38.9 Å². The fourth-order valence-electron chi connectivity index (χ4n) is 10.5. The molecule has 82 heavy (non-hydrogen) atoms. The number of anilines is 4. The number of hydrogen-bond donors (Lipinski definition) is 2. The molecule has 24 nitrogen and oxygen atoms in total. The van der Waals surface area contributed by atoms with Crippen LogP contribution in [0, 0.1) is 36.5 Å². The summed E-state index contributed by atoms with van der Waals surface area (Å²) in [5.74, 6) is 1.63. The number of benzene rings is 2. The molecule has 0 aliphatic carbocycles. The number of pyridine rings is 2. The Morgan fingerprint density at radius 3 is 1.35 bits per heavy atom. The number of carbonyl (C=O) groups excluding carboxylic acids is 2. The van der Waals surface area contributed by atoms with Gasteiger partial charge in [0.15, 0.2) is 11.4 Å². The van der Waals surface area contributed by atoms with Gasteiger partial charge in [-0.3, -0.25) is 29.1 Å². The minimum atomic E-state index is -0.232. The van der Waals surface area contributed by atoms with Gasteiger partial charge in [-0.25, -0.2) is 30.1 Å². The van der Waals surface area contributed by atoms with Crippen LogP contribution in [0.25, 0.3) is 0 Å². The van der Waals surface area contributed by atoms with Gasteiger partial charge >= 0.3 is 0 Å². The summed E-state index contributed by atoms with van der Waals surface area (Å²) in [5, 5.41) is 30.9. The maximum absolute atomic E-state index is 13.3. The molecular weight excluding hydrogens is 1040 g/mol. The largest absolute Gasteiger partial charge is 0.474 e. The van der Waals surface area contributed by atoms with E-state index in [1.807, 2.05) is 36.4 Å². The predicted octanol–water partition coefficient (Wildman–Crippen LogP) is 4.48. The van der Waals surface area contributed by atoms with Crippen LogP contribution in [0.1, 0.15) is 77.6 Å². The van der Waals surface area contributed by atoms with E-state index in [9.17, 15) is 19.2 Å². The Kier molecular flexibility index (Phi) is 15.5. The molecule has 4 aliphatic heterocycles. The Bertz CT molecular complexity index is 3600. The van der Waals surface area contributed by atoms with Crippen LogP contribution in [-0.4, -0.2) is 137 Å². The SMILES string of the molecule is Cc1c(N2Cc3ccccc3[C@@H]2COc2cncc(C(=O)N3CCN(c4ccc(C#N)cn4)CC3)n2)cn[nH]c1=O.Cc1c(N2Cc3ccccc3[C@H]2COc2cncc(C(=O)N3CCN(c4ccc(C#N)cn4)CC3)n2)cn[nH]c1=O. The van der Waals surface area contributed by atoms with E-state index in [1.165, 1.54) is 24.8 Å². The lowest BCUT2D eigenvalue weighted by Crippen LogP contribution is -2.49. The van der Waals surface area contributed by atoms with Crippen molar-refractivity contribution in [3.63, 3.8) is 0 Å². The maximum Gasteiger partial charge on any atom is 0.274 e. The fourth-order valence-corrected chi connectivity index (χ4v) is 10.5. The molecule has 2 N–H and O–H groups in total. The van der Waals surface area contributed by atoms with Crippen molar-refractivity contribution in [1.29, 1.82) is 10.5 Å². The number of amides is 2. The van der Waals surface area contributed by atoms with Gasteiger partial charge in [-0.1, -0.05) is 48.5 Å². The Morgan fingerprint density at radius 1 is 0.549 bits per heavy atom. The summed E-state index contributed by atoms with van der Waals surface area (Å²) in [4.78, 5) is 89.0. The van der Waals surface area contributed by atoms with Gasteiger partial charge in [0, 0.05) is 89.0 Å². The third kappa shape index (κ3) is 11.3. The molecule has 4 aliphatic rings. The van der Waals surface area contributed by atoms with E-state index in [4.69, 9.17) is 20.0 Å². The lowest BCUT2D eigenvalue weighted by Gasteiger charge is -2.35. The van der Waals surface area contributed by atoms with Crippen molar-refractivity contribution in [2.45, 2.75) is 39.0 Å². The number of aromatic amines is 2. The van der Waals surface area contributed by atoms with E-state index < -0.39 is 0 Å². The molecule has 2 fully saturated rings. The van der Waals surface area contributed by atoms with Gasteiger partial charge in [-0.15, -0.1) is 0 Å². The summed E-state index contributed by atoms with van der Waals surface area (Å²) in [6.45, 7) is 9.74. The van der Waals surface area contributed by atoms with Crippen LogP contribution in [-0.2, 0) is 13.1 Å². The van der Waals surface area contributed by atoms with E-state index in [0.717, 1.165) is 45.3 Å². The van der Waals surface area contributed by atoms with Crippen LogP contribution in [0.15, 0.2) is 132 Å². The molecule has 24 heteroatoms. The highest BCUT2D eigenvalue weighted by molar-refractivity contribution is 5.93. The van der Waals surface area contributed by atoms with Crippen molar-refractivity contribution in [1.82, 2.24) is 60.1 Å². The van der Waals surface area contributed by atoms with Gasteiger partial charge in [-0.05, 0) is 60.4 Å². The number of nitriles is 2. The van der Waals surface area contributed by atoms with Gasteiger partial charge in [0.05, 0.1) is 71.8 Å². The zero-order valence-corrected chi connectivity index (χ0v) is 44.8. The molecule has 2 atom stereocenters. The maximum atomic E-state index is 13.3. The second-order valence-electron chi connectivity index (χ2n) is 19.8. The van der Waals surface area contributed by atoms with Gasteiger partial charge in [0.1, 0.15) is 37.0 Å². The summed E-state index contributed by atoms with van der Waals surface area (Å²) >= 11 is 0. The van der Waals surface area contributed by atoms with E-state index in [2.05, 4.69) is 106 Å². The van der Waals surface area contributed by atoms with Crippen LogP contribution in [0.2, 0.25) is 0 Å². The molecule has 0 bridgehead atoms. The number of fused-ring (bicyclic) bond motifs is 2. The summed E-state index contributed by atoms with van der Waals surface area (Å²) < 4.78 is 12.2. The highest BCUT2D eigenvalue weighted by atomic mass is 16.5. The zero-order chi connectivity index (χ0) is 56.7. The number of H-pyrrole nitrogens is 2. The molecule has 412 valence electrons. The summed E-state index contributed by atoms with van der Waals surface area (Å²) in [6.07, 6.45) is 12.3. The molecule has 10 heterocycles. The first kappa shape index (κ1) is 53.4. The summed E-state index contributed by atoms with van der Waals surface area (Å²) in [5.41, 5.74) is 8.12. The molecule has 0 saturated carbocycles. The second kappa shape index (κ2) is 23.8. The quantitative estimate of drug-likeness (QED) is 0.171. The molecular formula is C58H54N18O6. The molecule has 12 rings (SSSR count). The van der Waals surface area contributed by atoms with Crippen LogP contribution < -0.4 is 40.2 Å². The molecule has 2 aromatic carbocycles. The summed E-state index contributed by atoms with van der Waals surface area (Å²) in [7, 11) is 0. The molecule has 0 spiro atoms. The van der Waals surface area contributed by atoms with Crippen LogP contribution in [0.4, 0.5) is 23.0 Å². The lowest BCUT2D eigenvalue weighted by molar-refractivity contribution is 0.0731. The van der Waals surface area contributed by atoms with Crippen molar-refractivity contribution in [3.05, 3.63) is 199 Å². The van der Waals surface area contributed by atoms with E-state index in [-0.39, 0.29) is 71.4 Å². The van der Waals surface area contributed by atoms with Crippen LogP contribution in [0.5, 0.6) is 11.8 Å². The highest BCUT2D eigenvalue weighted by Crippen LogP contribution is 2.40. The third-order valence-corrected chi connectivity index (χ3v) is 15.0. The molecule has 2 amide bonds. The number of hydrogen-bond acceptors (Lipinski definition) is 20. The standard InChI is InChI=1S/2C29H27N9O3/c2*1-19-24(15-33-35-28(19)39)38-17-21-4-2-3-5-22(21)25(38)18-41-27-16-31-14-23(34-27)29(40)37-10-8-36(9-11-37)26-7-6-20(12-30)13-32-26/h2*2-7,13-16,25H,8-11,17-18H2,1H3,(H,35,39)/t2*25-/m10/s1. The van der Waals surface area contributed by atoms with Crippen molar-refractivity contribution >= 4 is 34.8 Å². The molecule has 0 radical (unpaired) electrons. The van der Waals surface area contributed by atoms with Crippen molar-refractivity contribution < 1.29 is 19.1 Å². The highest BCUT2D eigenvalue weighted by Gasteiger charge is 2.35. The third-order valence-electron chi connectivity index (χ3n) is 15.0. The first-order valence-corrected chi connectivity index (χ1v) is 26.5. The topological polar surface area (TPSA) is 288 Å². The number of piperazine rings is 2. The van der Waals surface area contributed by atoms with Gasteiger partial charge in [0.2, 0.25) is 11.8 Å². The Morgan fingerprint density at radius 2 is 0.963 bits per heavy atom. The smallest absolute Gasteiger partial charge is 0.274 e. The van der Waals surface area contributed by atoms with Gasteiger partial charge in [0.25, 0.3) is 22.9 Å². The first-order chi connectivity index (χ1) is 40.0. The average Bonchev–Trinajstić information content (AvgIpc) is 4.04. The Hall–Kier alpha value is -10.6. The van der Waals surface area contributed by atoms with Gasteiger partial charge in [-0.2, -0.15) is 20.7 Å². The Labute approximate surface area is 469 Å². The summed E-state index contributed by atoms with van der Waals surface area (Å²) in [6, 6.07) is 27.1. The number of nitrogens with zero attached hydrogens (tertiary/aromatic N) is 16. The lowest BCUT2D eigenvalue weighted by atomic mass is 10.1. The van der Waals surface area contributed by atoms with Crippen molar-refractivity contribution in [2.24, 2.45) is 0 Å². The van der Waals surface area contributed by atoms with E-state index in [1.54, 1.807) is 60.6 Å². The van der Waals surface area contributed by atoms with Crippen molar-refractivity contribution in [2.75, 3.05) is 85.2 Å². The number of nitrogens with one attached hydrogen (secondary N) is 2. The minimum Gasteiger partial charge on any atom is -0.474 e. The average molecular weight is 1100 g/mol. The monoisotopic (exact) mass is 1100 g/mol. The fraction of sp³-hybridized carbons (Fsp3) is 0.276. The number of aromatic nitrogens is 10. The van der Waals surface area contributed by atoms with Crippen LogP contribution >= 0.6 is 0 Å². The molecule has 0 unspecified atom stereocenters. The van der Waals surface area contributed by atoms with E-state index >= 15 is 0 Å². The predicted molar refractivity (Wildman–Crippen MR) is 299 cm³/mol. The van der Waals surface area contributed by atoms with Crippen molar-refractivity contribution in [3.8, 4) is 23.9 Å². The molecule has 8 aromatic rings. The zero-order valence-electron chi connectivity index (χ0n) is 44.8. The number of ether oxygens (including phenoxy) is 2. The first-order valence-electron chi connectivity index (χ1n) is 26.5. The number of carbonyl (C=O) groups is 2. The van der Waals surface area contributed by atoms with Crippen LogP contribution in [0.3, 0.4) is 0 Å². The minimum absolute atomic E-state index is 0.182. The molecule has 6 aromatic heterocycles. The Balaban J connectivity index is 0.000000172. The normalized spacial score (nSPS) is 16.3. The number of rotatable bonds is 12.